The third kappa shape index (κ3) is 2.03. The monoisotopic (exact) mass is 300 g/mol. The van der Waals surface area contributed by atoms with Crippen molar-refractivity contribution in [2.75, 3.05) is 6.54 Å². The van der Waals surface area contributed by atoms with E-state index in [0.29, 0.717) is 30.2 Å². The number of aromatic nitrogens is 1. The average molecular weight is 300 g/mol. The van der Waals surface area contributed by atoms with E-state index >= 15 is 0 Å². The van der Waals surface area contributed by atoms with Crippen molar-refractivity contribution in [3.63, 3.8) is 0 Å². The number of halogens is 1. The first-order valence-electron chi connectivity index (χ1n) is 7.68. The maximum Gasteiger partial charge on any atom is 0.292 e. The molecule has 0 radical (unpaired) electrons. The normalized spacial score (nSPS) is 20.8. The second-order valence-corrected chi connectivity index (χ2v) is 6.08. The molecule has 1 fully saturated rings. The number of rotatable bonds is 2. The Bertz CT molecular complexity index is 736. The highest BCUT2D eigenvalue weighted by Gasteiger charge is 2.37. The molecule has 1 aliphatic heterocycles. The van der Waals surface area contributed by atoms with Crippen molar-refractivity contribution in [2.45, 2.75) is 38.1 Å². The molecule has 0 saturated heterocycles. The van der Waals surface area contributed by atoms with E-state index in [0.717, 1.165) is 24.1 Å². The fourth-order valence-electron chi connectivity index (χ4n) is 3.33. The summed E-state index contributed by atoms with van der Waals surface area (Å²) in [5.74, 6) is 0.249. The predicted octanol–water partition coefficient (Wildman–Crippen LogP) is 3.45. The Hall–Kier alpha value is -2.17. The predicted molar refractivity (Wildman–Crippen MR) is 78.0 cm³/mol. The Kier molecular flexibility index (Phi) is 3.03. The second-order valence-electron chi connectivity index (χ2n) is 6.08. The van der Waals surface area contributed by atoms with Gasteiger partial charge in [-0.05, 0) is 37.8 Å². The van der Waals surface area contributed by atoms with Crippen LogP contribution in [0.5, 0.6) is 0 Å². The molecule has 5 heteroatoms. The average Bonchev–Trinajstić information content (AvgIpc) is 3.24. The molecule has 1 atom stereocenters. The van der Waals surface area contributed by atoms with Crippen LogP contribution in [0.25, 0.3) is 0 Å². The minimum atomic E-state index is -0.297. The second kappa shape index (κ2) is 4.93. The maximum absolute atomic E-state index is 14.1. The van der Waals surface area contributed by atoms with E-state index in [9.17, 15) is 9.18 Å². The van der Waals surface area contributed by atoms with Gasteiger partial charge in [-0.1, -0.05) is 12.1 Å². The van der Waals surface area contributed by atoms with Gasteiger partial charge in [0.25, 0.3) is 5.91 Å². The molecule has 2 aliphatic rings. The van der Waals surface area contributed by atoms with Gasteiger partial charge in [0.1, 0.15) is 5.82 Å². The number of hydrogen-bond acceptors (Lipinski definition) is 3. The lowest BCUT2D eigenvalue weighted by atomic mass is 9.92. The zero-order valence-corrected chi connectivity index (χ0v) is 12.4. The van der Waals surface area contributed by atoms with Crippen LogP contribution in [-0.2, 0) is 6.42 Å². The molecule has 4 nitrogen and oxygen atoms in total. The number of hydrogen-bond donors (Lipinski definition) is 0. The van der Waals surface area contributed by atoms with Crippen molar-refractivity contribution in [1.29, 1.82) is 0 Å². The van der Waals surface area contributed by atoms with Crippen LogP contribution < -0.4 is 0 Å². The fourth-order valence-corrected chi connectivity index (χ4v) is 3.33. The van der Waals surface area contributed by atoms with Gasteiger partial charge in [0, 0.05) is 18.0 Å². The third-order valence-corrected chi connectivity index (χ3v) is 4.66. The molecule has 1 saturated carbocycles. The Morgan fingerprint density at radius 2 is 2.23 bits per heavy atom. The summed E-state index contributed by atoms with van der Waals surface area (Å²) < 4.78 is 19.5. The zero-order chi connectivity index (χ0) is 15.3. The van der Waals surface area contributed by atoms with Gasteiger partial charge in [-0.25, -0.2) is 9.37 Å². The molecule has 1 unspecified atom stereocenters. The largest absolute Gasteiger partial charge is 0.438 e. The molecule has 1 aliphatic carbocycles. The molecule has 2 aromatic rings. The molecule has 4 rings (SSSR count). The Balaban J connectivity index is 1.67. The van der Waals surface area contributed by atoms with Gasteiger partial charge in [-0.15, -0.1) is 0 Å². The van der Waals surface area contributed by atoms with Crippen LogP contribution in [0.3, 0.4) is 0 Å². The molecule has 0 spiro atoms. The van der Waals surface area contributed by atoms with Gasteiger partial charge in [0.05, 0.1) is 11.7 Å². The molecular weight excluding hydrogens is 283 g/mol. The molecule has 22 heavy (non-hydrogen) atoms. The summed E-state index contributed by atoms with van der Waals surface area (Å²) in [5.41, 5.74) is 2.36. The van der Waals surface area contributed by atoms with Crippen LogP contribution in [0, 0.1) is 5.82 Å². The van der Waals surface area contributed by atoms with E-state index in [-0.39, 0.29) is 17.8 Å². The summed E-state index contributed by atoms with van der Waals surface area (Å²) in [6, 6.07) is 4.81. The Morgan fingerprint density at radius 3 is 3.00 bits per heavy atom. The number of oxazole rings is 1. The van der Waals surface area contributed by atoms with Crippen molar-refractivity contribution < 1.29 is 13.6 Å². The summed E-state index contributed by atoms with van der Waals surface area (Å²) in [5, 5.41) is 0. The molecule has 0 N–H and O–H groups in total. The first-order valence-corrected chi connectivity index (χ1v) is 7.68. The van der Waals surface area contributed by atoms with Gasteiger partial charge in [-0.3, -0.25) is 4.79 Å². The molecule has 1 aromatic carbocycles. The van der Waals surface area contributed by atoms with Crippen LogP contribution in [-0.4, -0.2) is 22.3 Å². The SMILES string of the molecule is CC1c2c(F)cccc2CCN1C(=O)c1ocnc1C1CC1. The maximum atomic E-state index is 14.1. The van der Waals surface area contributed by atoms with Crippen LogP contribution >= 0.6 is 0 Å². The number of nitrogens with zero attached hydrogens (tertiary/aromatic N) is 2. The Morgan fingerprint density at radius 1 is 1.41 bits per heavy atom. The highest BCUT2D eigenvalue weighted by molar-refractivity contribution is 5.93. The summed E-state index contributed by atoms with van der Waals surface area (Å²) in [6.45, 7) is 2.44. The molecular formula is C17H17FN2O2. The lowest BCUT2D eigenvalue weighted by molar-refractivity contribution is 0.0639. The molecule has 0 bridgehead atoms. The van der Waals surface area contributed by atoms with Gasteiger partial charge in [-0.2, -0.15) is 0 Å². The van der Waals surface area contributed by atoms with E-state index in [1.54, 1.807) is 11.0 Å². The standard InChI is InChI=1S/C17H17FN2O2/c1-10-14-11(3-2-4-13(14)18)7-8-20(10)17(21)16-15(12-5-6-12)19-9-22-16/h2-4,9-10,12H,5-8H2,1H3. The van der Waals surface area contributed by atoms with Crippen LogP contribution in [0.1, 0.15) is 59.1 Å². The fraction of sp³-hybridized carbons (Fsp3) is 0.412. The van der Waals surface area contributed by atoms with Crippen LogP contribution in [0.15, 0.2) is 29.0 Å². The summed E-state index contributed by atoms with van der Waals surface area (Å²) >= 11 is 0. The third-order valence-electron chi connectivity index (χ3n) is 4.66. The molecule has 2 heterocycles. The summed E-state index contributed by atoms with van der Waals surface area (Å²) in [7, 11) is 0. The molecule has 1 amide bonds. The molecule has 1 aromatic heterocycles. The van der Waals surface area contributed by atoms with Crippen LogP contribution in [0.2, 0.25) is 0 Å². The van der Waals surface area contributed by atoms with Crippen LogP contribution in [0.4, 0.5) is 4.39 Å². The lowest BCUT2D eigenvalue weighted by Crippen LogP contribution is -2.39. The number of benzene rings is 1. The number of carbonyl (C=O) groups excluding carboxylic acids is 1. The molecule has 114 valence electrons. The van der Waals surface area contributed by atoms with Crippen molar-refractivity contribution >= 4 is 5.91 Å². The number of fused-ring (bicyclic) bond motifs is 1. The van der Waals surface area contributed by atoms with Crippen molar-refractivity contribution in [3.05, 3.63) is 53.0 Å². The first kappa shape index (κ1) is 13.5. The highest BCUT2D eigenvalue weighted by atomic mass is 19.1. The van der Waals surface area contributed by atoms with E-state index in [4.69, 9.17) is 4.42 Å². The zero-order valence-electron chi connectivity index (χ0n) is 12.4. The van der Waals surface area contributed by atoms with Crippen molar-refractivity contribution in [1.82, 2.24) is 9.88 Å². The van der Waals surface area contributed by atoms with E-state index < -0.39 is 0 Å². The van der Waals surface area contributed by atoms with E-state index in [1.165, 1.54) is 12.5 Å². The summed E-state index contributed by atoms with van der Waals surface area (Å²) in [4.78, 5) is 18.7. The van der Waals surface area contributed by atoms with Gasteiger partial charge < -0.3 is 9.32 Å². The smallest absolute Gasteiger partial charge is 0.292 e. The van der Waals surface area contributed by atoms with Gasteiger partial charge >= 0.3 is 0 Å². The first-order chi connectivity index (χ1) is 10.7. The van der Waals surface area contributed by atoms with E-state index in [1.807, 2.05) is 13.0 Å². The van der Waals surface area contributed by atoms with Crippen molar-refractivity contribution in [2.24, 2.45) is 0 Å². The quantitative estimate of drug-likeness (QED) is 0.853. The van der Waals surface area contributed by atoms with Crippen molar-refractivity contribution in [3.8, 4) is 0 Å². The number of amides is 1. The van der Waals surface area contributed by atoms with E-state index in [2.05, 4.69) is 4.98 Å². The lowest BCUT2D eigenvalue weighted by Gasteiger charge is -2.35. The summed E-state index contributed by atoms with van der Waals surface area (Å²) in [6.07, 6.45) is 4.11. The van der Waals surface area contributed by atoms with Gasteiger partial charge in [0.15, 0.2) is 6.39 Å². The minimum absolute atomic E-state index is 0.180. The Labute approximate surface area is 127 Å². The minimum Gasteiger partial charge on any atom is -0.438 e. The topological polar surface area (TPSA) is 46.3 Å². The number of carbonyl (C=O) groups is 1. The van der Waals surface area contributed by atoms with Gasteiger partial charge in [0.2, 0.25) is 5.76 Å². The highest BCUT2D eigenvalue weighted by Crippen LogP contribution is 2.41.